The average Bonchev–Trinajstić information content (AvgIpc) is 2.61. The van der Waals surface area contributed by atoms with Crippen LogP contribution in [0.2, 0.25) is 0 Å². The zero-order chi connectivity index (χ0) is 18.1. The molecular formula is C19H20O6. The monoisotopic (exact) mass is 344 g/mol. The maximum Gasteiger partial charge on any atom is 0.303 e. The number of benzene rings is 2. The summed E-state index contributed by atoms with van der Waals surface area (Å²) in [5, 5.41) is 0. The van der Waals surface area contributed by atoms with Crippen LogP contribution in [0.15, 0.2) is 48.5 Å². The van der Waals surface area contributed by atoms with Crippen LogP contribution in [-0.4, -0.2) is 32.3 Å². The number of carbonyl (C=O) groups excluding carboxylic acids is 2. The molecule has 1 unspecified atom stereocenters. The Labute approximate surface area is 146 Å². The molecule has 25 heavy (non-hydrogen) atoms. The van der Waals surface area contributed by atoms with E-state index in [1.54, 1.807) is 18.2 Å². The van der Waals surface area contributed by atoms with E-state index in [1.165, 1.54) is 14.0 Å². The fourth-order valence-electron chi connectivity index (χ4n) is 2.33. The molecule has 1 atom stereocenters. The summed E-state index contributed by atoms with van der Waals surface area (Å²) in [6.07, 6.45) is 0.102. The van der Waals surface area contributed by atoms with Crippen molar-refractivity contribution in [2.75, 3.05) is 13.7 Å². The molecule has 0 fully saturated rings. The maximum absolute atomic E-state index is 11.3. The van der Waals surface area contributed by atoms with Gasteiger partial charge in [-0.05, 0) is 17.7 Å². The summed E-state index contributed by atoms with van der Waals surface area (Å²) >= 11 is 0. The van der Waals surface area contributed by atoms with Crippen LogP contribution >= 0.6 is 0 Å². The molecule has 0 aliphatic carbocycles. The lowest BCUT2D eigenvalue weighted by molar-refractivity contribution is -0.147. The second-order valence-electron chi connectivity index (χ2n) is 5.26. The second kappa shape index (κ2) is 9.32. The number of rotatable bonds is 9. The van der Waals surface area contributed by atoms with Crippen molar-refractivity contribution in [3.63, 3.8) is 0 Å². The van der Waals surface area contributed by atoms with Gasteiger partial charge in [0, 0.05) is 19.4 Å². The predicted molar refractivity (Wildman–Crippen MR) is 90.9 cm³/mol. The highest BCUT2D eigenvalue weighted by Crippen LogP contribution is 2.31. The van der Waals surface area contributed by atoms with Gasteiger partial charge in [-0.3, -0.25) is 9.59 Å². The van der Waals surface area contributed by atoms with Crippen LogP contribution in [0, 0.1) is 0 Å². The summed E-state index contributed by atoms with van der Waals surface area (Å²) in [4.78, 5) is 21.8. The topological polar surface area (TPSA) is 71.1 Å². The molecule has 0 saturated carbocycles. The molecule has 0 bridgehead atoms. The molecule has 2 aromatic carbocycles. The molecule has 0 amide bonds. The lowest BCUT2D eigenvalue weighted by atomic mass is 10.1. The predicted octanol–water partition coefficient (Wildman–Crippen LogP) is 2.78. The largest absolute Gasteiger partial charge is 0.493 e. The van der Waals surface area contributed by atoms with Gasteiger partial charge < -0.3 is 18.9 Å². The van der Waals surface area contributed by atoms with Crippen LogP contribution in [0.1, 0.15) is 12.5 Å². The Morgan fingerprint density at radius 1 is 1.12 bits per heavy atom. The third kappa shape index (κ3) is 5.84. The summed E-state index contributed by atoms with van der Waals surface area (Å²) in [7, 11) is 1.49. The summed E-state index contributed by atoms with van der Waals surface area (Å²) in [6.45, 7) is 1.87. The molecule has 0 aliphatic rings. The highest BCUT2D eigenvalue weighted by molar-refractivity contribution is 5.66. The van der Waals surface area contributed by atoms with Crippen molar-refractivity contribution in [2.45, 2.75) is 19.4 Å². The standard InChI is InChI=1S/C19H20O6/c1-14(21)25-17(10-15-6-4-3-5-7-15)12-23-18-9-8-16(24-13-20)11-19(18)22-2/h3-9,11,13,17H,10,12H2,1-2H3. The Hall–Kier alpha value is -3.02. The molecule has 0 aliphatic heterocycles. The van der Waals surface area contributed by atoms with Crippen LogP contribution < -0.4 is 14.2 Å². The van der Waals surface area contributed by atoms with Gasteiger partial charge >= 0.3 is 5.97 Å². The van der Waals surface area contributed by atoms with Crippen molar-refractivity contribution in [1.82, 2.24) is 0 Å². The smallest absolute Gasteiger partial charge is 0.303 e. The minimum absolute atomic E-state index is 0.165. The van der Waals surface area contributed by atoms with E-state index in [1.807, 2.05) is 30.3 Å². The Morgan fingerprint density at radius 3 is 2.52 bits per heavy atom. The molecule has 2 aromatic rings. The molecule has 0 spiro atoms. The van der Waals surface area contributed by atoms with Crippen LogP contribution in [0.3, 0.4) is 0 Å². The molecule has 0 radical (unpaired) electrons. The second-order valence-corrected chi connectivity index (χ2v) is 5.26. The van der Waals surface area contributed by atoms with E-state index in [9.17, 15) is 9.59 Å². The van der Waals surface area contributed by atoms with Crippen molar-refractivity contribution >= 4 is 12.4 Å². The Bertz CT molecular complexity index is 698. The van der Waals surface area contributed by atoms with Gasteiger partial charge in [0.05, 0.1) is 7.11 Å². The number of hydrogen-bond acceptors (Lipinski definition) is 6. The maximum atomic E-state index is 11.3. The van der Waals surface area contributed by atoms with Gasteiger partial charge in [-0.25, -0.2) is 0 Å². The molecule has 132 valence electrons. The van der Waals surface area contributed by atoms with Gasteiger partial charge in [0.2, 0.25) is 0 Å². The van der Waals surface area contributed by atoms with E-state index in [0.717, 1.165) is 5.56 Å². The number of carbonyl (C=O) groups is 2. The Morgan fingerprint density at radius 2 is 1.88 bits per heavy atom. The van der Waals surface area contributed by atoms with Gasteiger partial charge in [0.15, 0.2) is 11.5 Å². The third-order valence-electron chi connectivity index (χ3n) is 3.38. The first-order valence-electron chi connectivity index (χ1n) is 7.74. The lowest BCUT2D eigenvalue weighted by Crippen LogP contribution is -2.26. The fourth-order valence-corrected chi connectivity index (χ4v) is 2.33. The van der Waals surface area contributed by atoms with E-state index >= 15 is 0 Å². The Balaban J connectivity index is 2.06. The summed E-state index contributed by atoms with van der Waals surface area (Å²) in [5.74, 6) is 0.859. The van der Waals surface area contributed by atoms with Crippen LogP contribution in [0.4, 0.5) is 0 Å². The fraction of sp³-hybridized carbons (Fsp3) is 0.263. The minimum atomic E-state index is -0.435. The van der Waals surface area contributed by atoms with Crippen molar-refractivity contribution in [2.24, 2.45) is 0 Å². The molecule has 0 N–H and O–H groups in total. The van der Waals surface area contributed by atoms with Crippen molar-refractivity contribution in [1.29, 1.82) is 0 Å². The summed E-state index contributed by atoms with van der Waals surface area (Å²) in [6, 6.07) is 14.5. The summed E-state index contributed by atoms with van der Waals surface area (Å²) < 4.78 is 21.1. The van der Waals surface area contributed by atoms with Crippen molar-refractivity contribution in [3.8, 4) is 17.2 Å². The highest BCUT2D eigenvalue weighted by Gasteiger charge is 2.16. The SMILES string of the molecule is COc1cc(OC=O)ccc1OCC(Cc1ccccc1)OC(C)=O. The highest BCUT2D eigenvalue weighted by atomic mass is 16.6. The molecule has 2 rings (SSSR count). The van der Waals surface area contributed by atoms with Crippen LogP contribution in [-0.2, 0) is 20.7 Å². The number of esters is 1. The zero-order valence-electron chi connectivity index (χ0n) is 14.1. The first-order chi connectivity index (χ1) is 12.1. The van der Waals surface area contributed by atoms with Crippen LogP contribution in [0.5, 0.6) is 17.2 Å². The molecule has 0 heterocycles. The average molecular weight is 344 g/mol. The van der Waals surface area contributed by atoms with E-state index in [2.05, 4.69) is 0 Å². The van der Waals surface area contributed by atoms with Gasteiger partial charge in [-0.1, -0.05) is 30.3 Å². The number of methoxy groups -OCH3 is 1. The van der Waals surface area contributed by atoms with Crippen molar-refractivity contribution < 1.29 is 28.5 Å². The van der Waals surface area contributed by atoms with Gasteiger partial charge in [-0.15, -0.1) is 0 Å². The summed E-state index contributed by atoms with van der Waals surface area (Å²) in [5.41, 5.74) is 1.04. The van der Waals surface area contributed by atoms with E-state index in [0.29, 0.717) is 30.1 Å². The molecule has 6 heteroatoms. The quantitative estimate of drug-likeness (QED) is 0.514. The molecule has 6 nitrogen and oxygen atoms in total. The first-order valence-corrected chi connectivity index (χ1v) is 7.74. The van der Waals surface area contributed by atoms with E-state index in [-0.39, 0.29) is 12.6 Å². The van der Waals surface area contributed by atoms with Gasteiger partial charge in [0.25, 0.3) is 6.47 Å². The number of ether oxygens (including phenoxy) is 4. The third-order valence-corrected chi connectivity index (χ3v) is 3.38. The Kier molecular flexibility index (Phi) is 6.83. The van der Waals surface area contributed by atoms with E-state index < -0.39 is 6.10 Å². The minimum Gasteiger partial charge on any atom is -0.493 e. The van der Waals surface area contributed by atoms with Crippen LogP contribution in [0.25, 0.3) is 0 Å². The first kappa shape index (κ1) is 18.3. The molecule has 0 saturated heterocycles. The lowest BCUT2D eigenvalue weighted by Gasteiger charge is -2.19. The molecule has 0 aromatic heterocycles. The van der Waals surface area contributed by atoms with E-state index in [4.69, 9.17) is 18.9 Å². The van der Waals surface area contributed by atoms with Crippen molar-refractivity contribution in [3.05, 3.63) is 54.1 Å². The molecular weight excluding hydrogens is 324 g/mol. The van der Waals surface area contributed by atoms with Gasteiger partial charge in [0.1, 0.15) is 18.5 Å². The van der Waals surface area contributed by atoms with Gasteiger partial charge in [-0.2, -0.15) is 0 Å². The number of hydrogen-bond donors (Lipinski definition) is 0. The normalized spacial score (nSPS) is 11.3. The zero-order valence-corrected chi connectivity index (χ0v) is 14.1.